The molecular weight excluding hydrogens is 440 g/mol. The first kappa shape index (κ1) is 23.9. The summed E-state index contributed by atoms with van der Waals surface area (Å²) in [5, 5.41) is 0. The zero-order valence-corrected chi connectivity index (χ0v) is 21.9. The molecule has 192 valence electrons. The highest BCUT2D eigenvalue weighted by atomic mass is 16.6. The lowest BCUT2D eigenvalue weighted by Crippen LogP contribution is -2.50. The molecule has 0 N–H and O–H groups in total. The summed E-state index contributed by atoms with van der Waals surface area (Å²) >= 11 is 0. The summed E-state index contributed by atoms with van der Waals surface area (Å²) in [5.41, 5.74) is 0.873. The minimum Gasteiger partial charge on any atom is -0.458 e. The number of ether oxygens (including phenoxy) is 2. The van der Waals surface area contributed by atoms with Crippen molar-refractivity contribution in [2.24, 2.45) is 52.3 Å². The summed E-state index contributed by atoms with van der Waals surface area (Å²) < 4.78 is 12.8. The fraction of sp³-hybridized carbons (Fsp3) is 0.833. The van der Waals surface area contributed by atoms with Gasteiger partial charge in [0.2, 0.25) is 0 Å². The van der Waals surface area contributed by atoms with E-state index in [4.69, 9.17) is 9.47 Å². The first-order valence-corrected chi connectivity index (χ1v) is 14.0. The third-order valence-electron chi connectivity index (χ3n) is 12.1. The highest BCUT2D eigenvalue weighted by Crippen LogP contribution is 2.76. The average Bonchev–Trinajstić information content (AvgIpc) is 2.96. The molecule has 5 heteroatoms. The van der Waals surface area contributed by atoms with Crippen molar-refractivity contribution >= 4 is 17.5 Å². The Bertz CT molecular complexity index is 985. The van der Waals surface area contributed by atoms with Crippen LogP contribution in [0, 0.1) is 52.3 Å². The minimum absolute atomic E-state index is 0.00867. The van der Waals surface area contributed by atoms with Gasteiger partial charge in [-0.25, -0.2) is 4.79 Å². The highest BCUT2D eigenvalue weighted by Gasteiger charge is 2.74. The molecule has 0 unspecified atom stereocenters. The van der Waals surface area contributed by atoms with Gasteiger partial charge in [-0.15, -0.1) is 0 Å². The van der Waals surface area contributed by atoms with Crippen molar-refractivity contribution in [3.05, 3.63) is 12.2 Å². The molecule has 1 spiro atoms. The molecule has 35 heavy (non-hydrogen) atoms. The van der Waals surface area contributed by atoms with Crippen molar-refractivity contribution in [2.75, 3.05) is 6.61 Å². The molecule has 6 aliphatic rings. The zero-order valence-electron chi connectivity index (χ0n) is 21.9. The average molecular weight is 483 g/mol. The Labute approximate surface area is 209 Å². The normalized spacial score (nSPS) is 51.4. The van der Waals surface area contributed by atoms with Gasteiger partial charge in [0.05, 0.1) is 12.2 Å². The van der Waals surface area contributed by atoms with E-state index in [2.05, 4.69) is 20.4 Å². The van der Waals surface area contributed by atoms with Crippen molar-refractivity contribution in [3.8, 4) is 0 Å². The van der Waals surface area contributed by atoms with Gasteiger partial charge in [0.1, 0.15) is 17.7 Å². The molecule has 0 aromatic rings. The summed E-state index contributed by atoms with van der Waals surface area (Å²) in [7, 11) is 0. The van der Waals surface area contributed by atoms with E-state index in [0.29, 0.717) is 65.1 Å². The Balaban J connectivity index is 1.30. The van der Waals surface area contributed by atoms with Crippen LogP contribution in [0.1, 0.15) is 85.5 Å². The summed E-state index contributed by atoms with van der Waals surface area (Å²) in [6, 6.07) is 0. The van der Waals surface area contributed by atoms with Gasteiger partial charge in [0, 0.05) is 24.3 Å². The van der Waals surface area contributed by atoms with Gasteiger partial charge in [-0.05, 0) is 105 Å². The molecule has 6 rings (SSSR count). The number of fused-ring (bicyclic) bond motifs is 6. The van der Waals surface area contributed by atoms with Crippen LogP contribution in [0.25, 0.3) is 0 Å². The standard InChI is InChI=1S/C30H42O5/c1-16(31)6-8-20-13-30(26-10-21-18(3)27(33)35-25(21)14-28(20,26)4)23-11-24-22(9-7-17(2)32)29(24,5)12-19(23)15-34-30/h19-26H,3,6-15H2,1-2,4-5H3/t19-,20-,21+,22-,23-,24-,25+,26+,28-,29+,30+/m0/s1. The van der Waals surface area contributed by atoms with Crippen LogP contribution in [-0.2, 0) is 23.9 Å². The minimum atomic E-state index is -0.220. The van der Waals surface area contributed by atoms with Gasteiger partial charge in [-0.1, -0.05) is 20.4 Å². The van der Waals surface area contributed by atoms with Crippen LogP contribution >= 0.6 is 0 Å². The summed E-state index contributed by atoms with van der Waals surface area (Å²) in [4.78, 5) is 36.1. The number of Topliss-reactive ketones (excluding diaryl/α,β-unsaturated/α-hetero) is 2. The molecule has 4 aliphatic carbocycles. The van der Waals surface area contributed by atoms with Gasteiger partial charge in [0.25, 0.3) is 0 Å². The second kappa shape index (κ2) is 7.76. The number of ketones is 2. The Morgan fingerprint density at radius 3 is 2.40 bits per heavy atom. The van der Waals surface area contributed by atoms with Crippen molar-refractivity contribution < 1.29 is 23.9 Å². The molecule has 0 aromatic heterocycles. The molecular formula is C30H42O5. The van der Waals surface area contributed by atoms with Crippen molar-refractivity contribution in [2.45, 2.75) is 97.2 Å². The Morgan fingerprint density at radius 2 is 1.69 bits per heavy atom. The van der Waals surface area contributed by atoms with Gasteiger partial charge >= 0.3 is 5.97 Å². The van der Waals surface area contributed by atoms with E-state index in [1.807, 2.05) is 0 Å². The van der Waals surface area contributed by atoms with E-state index in [1.54, 1.807) is 13.8 Å². The molecule has 2 heterocycles. The predicted molar refractivity (Wildman–Crippen MR) is 131 cm³/mol. The zero-order chi connectivity index (χ0) is 24.9. The van der Waals surface area contributed by atoms with E-state index in [0.717, 1.165) is 38.7 Å². The molecule has 11 atom stereocenters. The Morgan fingerprint density at radius 1 is 0.971 bits per heavy atom. The lowest BCUT2D eigenvalue weighted by Gasteiger charge is -2.49. The van der Waals surface area contributed by atoms with E-state index in [1.165, 1.54) is 12.8 Å². The van der Waals surface area contributed by atoms with Crippen LogP contribution in [0.2, 0.25) is 0 Å². The summed E-state index contributed by atoms with van der Waals surface area (Å²) in [6.45, 7) is 13.2. The Hall–Kier alpha value is -1.49. The molecule has 0 aromatic carbocycles. The van der Waals surface area contributed by atoms with Crippen molar-refractivity contribution in [3.63, 3.8) is 0 Å². The molecule has 2 saturated heterocycles. The topological polar surface area (TPSA) is 69.7 Å². The van der Waals surface area contributed by atoms with Crippen LogP contribution < -0.4 is 0 Å². The fourth-order valence-corrected chi connectivity index (χ4v) is 10.3. The smallest absolute Gasteiger partial charge is 0.334 e. The first-order valence-electron chi connectivity index (χ1n) is 14.0. The largest absolute Gasteiger partial charge is 0.458 e. The quantitative estimate of drug-likeness (QED) is 0.379. The molecule has 4 saturated carbocycles. The van der Waals surface area contributed by atoms with Crippen LogP contribution in [0.3, 0.4) is 0 Å². The molecule has 2 aliphatic heterocycles. The van der Waals surface area contributed by atoms with Crippen LogP contribution in [0.15, 0.2) is 12.2 Å². The van der Waals surface area contributed by atoms with E-state index < -0.39 is 0 Å². The van der Waals surface area contributed by atoms with E-state index in [-0.39, 0.29) is 34.8 Å². The maximum Gasteiger partial charge on any atom is 0.334 e. The van der Waals surface area contributed by atoms with Crippen molar-refractivity contribution in [1.82, 2.24) is 0 Å². The Kier molecular flexibility index (Phi) is 5.29. The van der Waals surface area contributed by atoms with Gasteiger partial charge in [0.15, 0.2) is 0 Å². The maximum atomic E-state index is 12.4. The number of hydrogen-bond donors (Lipinski definition) is 0. The lowest BCUT2D eigenvalue weighted by molar-refractivity contribution is -0.145. The van der Waals surface area contributed by atoms with Crippen LogP contribution in [-0.4, -0.2) is 35.8 Å². The van der Waals surface area contributed by atoms with Gasteiger partial charge in [-0.2, -0.15) is 0 Å². The van der Waals surface area contributed by atoms with E-state index in [9.17, 15) is 14.4 Å². The second-order valence-electron chi connectivity index (χ2n) is 13.7. The molecule has 6 fully saturated rings. The fourth-order valence-electron chi connectivity index (χ4n) is 10.3. The van der Waals surface area contributed by atoms with Crippen LogP contribution in [0.4, 0.5) is 0 Å². The summed E-state index contributed by atoms with van der Waals surface area (Å²) in [6.07, 6.45) is 8.43. The third kappa shape index (κ3) is 3.32. The lowest BCUT2D eigenvalue weighted by atomic mass is 9.56. The number of carbonyl (C=O) groups excluding carboxylic acids is 3. The summed E-state index contributed by atoms with van der Waals surface area (Å²) in [5.74, 6) is 3.71. The number of esters is 1. The molecule has 0 amide bonds. The van der Waals surface area contributed by atoms with Gasteiger partial charge in [-0.3, -0.25) is 0 Å². The number of rotatable bonds is 6. The van der Waals surface area contributed by atoms with Crippen LogP contribution in [0.5, 0.6) is 0 Å². The van der Waals surface area contributed by atoms with E-state index >= 15 is 0 Å². The van der Waals surface area contributed by atoms with Crippen molar-refractivity contribution in [1.29, 1.82) is 0 Å². The molecule has 0 radical (unpaired) electrons. The SMILES string of the molecule is C=C1C(=O)O[C@@H]2C[C@@]3(C)[C@@H](CCC(C)=O)C[C@]4(OC[C@@H]5C[C@]6(C)[C@@H](CCC(C)=O)[C@@H]6C[C@@H]54)[C@@H]3C[C@H]12. The second-order valence-corrected chi connectivity index (χ2v) is 13.7. The maximum absolute atomic E-state index is 12.4. The first-order chi connectivity index (χ1) is 16.5. The highest BCUT2D eigenvalue weighted by molar-refractivity contribution is 5.90. The molecule has 0 bridgehead atoms. The third-order valence-corrected chi connectivity index (χ3v) is 12.1. The van der Waals surface area contributed by atoms with Gasteiger partial charge < -0.3 is 19.1 Å². The monoisotopic (exact) mass is 482 g/mol. The number of hydrogen-bond acceptors (Lipinski definition) is 5. The molecule has 5 nitrogen and oxygen atoms in total. The number of carbonyl (C=O) groups is 3. The predicted octanol–water partition coefficient (Wildman–Crippen LogP) is 5.31.